The summed E-state index contributed by atoms with van der Waals surface area (Å²) in [5.41, 5.74) is 0. The van der Waals surface area contributed by atoms with Gasteiger partial charge in [-0.3, -0.25) is 9.69 Å². The molecule has 1 rings (SSSR count). The summed E-state index contributed by atoms with van der Waals surface area (Å²) >= 11 is 0. The summed E-state index contributed by atoms with van der Waals surface area (Å²) in [6, 6.07) is 0.551. The van der Waals surface area contributed by atoms with Crippen LogP contribution in [0.5, 0.6) is 0 Å². The standard InChI is InChI=1S/C13H24N2O4/c1-8-4-5-9(2)15(8)10(3)12(17)14-7-6-11(16)13(18)19/h8-11,16H,4-7H2,1-3H3,(H,14,17)(H,18,19)/t8?,9?,10?,11-/m0/s1. The molecule has 1 aliphatic rings. The SMILES string of the molecule is CC1CCC(C)N1C(C)C(=O)NCC[C@H](O)C(=O)O. The Labute approximate surface area is 113 Å². The third kappa shape index (κ3) is 4.18. The zero-order valence-electron chi connectivity index (χ0n) is 11.8. The van der Waals surface area contributed by atoms with Gasteiger partial charge >= 0.3 is 5.97 Å². The van der Waals surface area contributed by atoms with E-state index in [1.165, 1.54) is 0 Å². The number of hydrogen-bond donors (Lipinski definition) is 3. The van der Waals surface area contributed by atoms with Crippen LogP contribution in [0.25, 0.3) is 0 Å². The lowest BCUT2D eigenvalue weighted by molar-refractivity contribution is -0.147. The zero-order valence-corrected chi connectivity index (χ0v) is 11.8. The molecule has 0 aromatic rings. The second kappa shape index (κ2) is 6.86. The van der Waals surface area contributed by atoms with E-state index in [9.17, 15) is 9.59 Å². The van der Waals surface area contributed by atoms with E-state index < -0.39 is 12.1 Å². The number of likely N-dealkylation sites (tertiary alicyclic amines) is 1. The summed E-state index contributed by atoms with van der Waals surface area (Å²) in [7, 11) is 0. The molecule has 0 spiro atoms. The van der Waals surface area contributed by atoms with Crippen molar-refractivity contribution in [2.75, 3.05) is 6.54 Å². The lowest BCUT2D eigenvalue weighted by atomic mass is 10.2. The minimum absolute atomic E-state index is 0.0267. The normalized spacial score (nSPS) is 26.9. The molecule has 1 aliphatic heterocycles. The van der Waals surface area contributed by atoms with Gasteiger partial charge < -0.3 is 15.5 Å². The van der Waals surface area contributed by atoms with Gasteiger partial charge in [0.2, 0.25) is 5.91 Å². The number of aliphatic hydroxyl groups excluding tert-OH is 1. The molecule has 6 heteroatoms. The van der Waals surface area contributed by atoms with E-state index in [-0.39, 0.29) is 24.9 Å². The minimum Gasteiger partial charge on any atom is -0.479 e. The van der Waals surface area contributed by atoms with Crippen LogP contribution in [0, 0.1) is 0 Å². The number of amides is 1. The number of aliphatic hydroxyl groups is 1. The number of rotatable bonds is 6. The molecule has 6 nitrogen and oxygen atoms in total. The molecular formula is C13H24N2O4. The highest BCUT2D eigenvalue weighted by Crippen LogP contribution is 2.25. The summed E-state index contributed by atoms with van der Waals surface area (Å²) in [5.74, 6) is -1.37. The maximum Gasteiger partial charge on any atom is 0.332 e. The van der Waals surface area contributed by atoms with Crippen molar-refractivity contribution in [2.24, 2.45) is 0 Å². The van der Waals surface area contributed by atoms with Gasteiger partial charge in [-0.05, 0) is 33.6 Å². The van der Waals surface area contributed by atoms with Crippen molar-refractivity contribution in [2.45, 2.75) is 64.3 Å². The highest BCUT2D eigenvalue weighted by atomic mass is 16.4. The Hall–Kier alpha value is -1.14. The van der Waals surface area contributed by atoms with E-state index in [0.29, 0.717) is 12.1 Å². The molecule has 0 aromatic carbocycles. The highest BCUT2D eigenvalue weighted by molar-refractivity contribution is 5.81. The predicted octanol–water partition coefficient (Wildman–Crippen LogP) is 0.200. The third-order valence-electron chi connectivity index (χ3n) is 3.85. The fourth-order valence-corrected chi connectivity index (χ4v) is 2.72. The number of carboxylic acids is 1. The van der Waals surface area contributed by atoms with Crippen LogP contribution in [0.15, 0.2) is 0 Å². The highest BCUT2D eigenvalue weighted by Gasteiger charge is 2.34. The van der Waals surface area contributed by atoms with Crippen LogP contribution in [0.3, 0.4) is 0 Å². The second-order valence-electron chi connectivity index (χ2n) is 5.33. The summed E-state index contributed by atoms with van der Waals surface area (Å²) in [6.07, 6.45) is 0.798. The van der Waals surface area contributed by atoms with Crippen molar-refractivity contribution >= 4 is 11.9 Å². The molecule has 0 bridgehead atoms. The van der Waals surface area contributed by atoms with Gasteiger partial charge in [0.15, 0.2) is 6.10 Å². The van der Waals surface area contributed by atoms with E-state index in [2.05, 4.69) is 24.1 Å². The number of hydrogen-bond acceptors (Lipinski definition) is 4. The van der Waals surface area contributed by atoms with E-state index in [4.69, 9.17) is 10.2 Å². The first kappa shape index (κ1) is 15.9. The van der Waals surface area contributed by atoms with Crippen LogP contribution in [-0.2, 0) is 9.59 Å². The van der Waals surface area contributed by atoms with Crippen molar-refractivity contribution in [3.63, 3.8) is 0 Å². The van der Waals surface area contributed by atoms with E-state index >= 15 is 0 Å². The fourth-order valence-electron chi connectivity index (χ4n) is 2.72. The first-order valence-electron chi connectivity index (χ1n) is 6.80. The van der Waals surface area contributed by atoms with Gasteiger partial charge in [0.05, 0.1) is 6.04 Å². The van der Waals surface area contributed by atoms with Gasteiger partial charge in [0, 0.05) is 25.0 Å². The molecule has 0 saturated carbocycles. The Morgan fingerprint density at radius 3 is 2.32 bits per heavy atom. The molecule has 1 fully saturated rings. The number of carboxylic acid groups (broad SMARTS) is 1. The van der Waals surface area contributed by atoms with E-state index in [1.54, 1.807) is 0 Å². The van der Waals surface area contributed by atoms with Gasteiger partial charge in [-0.25, -0.2) is 4.79 Å². The van der Waals surface area contributed by atoms with Crippen molar-refractivity contribution in [3.05, 3.63) is 0 Å². The molecule has 0 aliphatic carbocycles. The first-order chi connectivity index (χ1) is 8.84. The molecule has 3 N–H and O–H groups in total. The van der Waals surface area contributed by atoms with Crippen molar-refractivity contribution in [3.8, 4) is 0 Å². The summed E-state index contributed by atoms with van der Waals surface area (Å²) in [4.78, 5) is 24.6. The van der Waals surface area contributed by atoms with Crippen LogP contribution in [-0.4, -0.2) is 57.8 Å². The topological polar surface area (TPSA) is 89.9 Å². The zero-order chi connectivity index (χ0) is 14.6. The maximum atomic E-state index is 12.0. The smallest absolute Gasteiger partial charge is 0.332 e. The van der Waals surface area contributed by atoms with Crippen LogP contribution >= 0.6 is 0 Å². The summed E-state index contributed by atoms with van der Waals surface area (Å²) < 4.78 is 0. The molecule has 1 saturated heterocycles. The first-order valence-corrected chi connectivity index (χ1v) is 6.80. The average Bonchev–Trinajstić information content (AvgIpc) is 2.67. The van der Waals surface area contributed by atoms with Gasteiger partial charge in [0.1, 0.15) is 0 Å². The lowest BCUT2D eigenvalue weighted by Gasteiger charge is -2.31. The number of nitrogens with one attached hydrogen (secondary N) is 1. The lowest BCUT2D eigenvalue weighted by Crippen LogP contribution is -2.49. The largest absolute Gasteiger partial charge is 0.479 e. The van der Waals surface area contributed by atoms with Crippen molar-refractivity contribution < 1.29 is 19.8 Å². The monoisotopic (exact) mass is 272 g/mol. The van der Waals surface area contributed by atoms with Gasteiger partial charge in [0.25, 0.3) is 0 Å². The molecule has 3 unspecified atom stereocenters. The van der Waals surface area contributed by atoms with Crippen LogP contribution in [0.4, 0.5) is 0 Å². The van der Waals surface area contributed by atoms with E-state index in [1.807, 2.05) is 6.92 Å². The number of carbonyl (C=O) groups excluding carboxylic acids is 1. The molecule has 110 valence electrons. The number of aliphatic carboxylic acids is 1. The molecule has 19 heavy (non-hydrogen) atoms. The quantitative estimate of drug-likeness (QED) is 0.642. The second-order valence-corrected chi connectivity index (χ2v) is 5.33. The Morgan fingerprint density at radius 1 is 1.32 bits per heavy atom. The summed E-state index contributed by atoms with van der Waals surface area (Å²) in [5, 5.41) is 20.3. The minimum atomic E-state index is -1.42. The molecular weight excluding hydrogens is 248 g/mol. The predicted molar refractivity (Wildman–Crippen MR) is 70.7 cm³/mol. The van der Waals surface area contributed by atoms with Crippen LogP contribution in [0.2, 0.25) is 0 Å². The summed E-state index contributed by atoms with van der Waals surface area (Å²) in [6.45, 7) is 6.26. The Balaban J connectivity index is 2.39. The van der Waals surface area contributed by atoms with Crippen molar-refractivity contribution in [1.82, 2.24) is 10.2 Å². The Kier molecular flexibility index (Phi) is 5.75. The van der Waals surface area contributed by atoms with Gasteiger partial charge in [-0.1, -0.05) is 0 Å². The van der Waals surface area contributed by atoms with E-state index in [0.717, 1.165) is 12.8 Å². The number of carbonyl (C=O) groups is 2. The molecule has 1 amide bonds. The average molecular weight is 272 g/mol. The molecule has 0 aromatic heterocycles. The third-order valence-corrected chi connectivity index (χ3v) is 3.85. The number of nitrogens with zero attached hydrogens (tertiary/aromatic N) is 1. The Morgan fingerprint density at radius 2 is 1.84 bits per heavy atom. The molecule has 1 heterocycles. The fraction of sp³-hybridized carbons (Fsp3) is 0.846. The van der Waals surface area contributed by atoms with Crippen LogP contribution < -0.4 is 5.32 Å². The molecule has 4 atom stereocenters. The van der Waals surface area contributed by atoms with Gasteiger partial charge in [-0.15, -0.1) is 0 Å². The van der Waals surface area contributed by atoms with Crippen molar-refractivity contribution in [1.29, 1.82) is 0 Å². The van der Waals surface area contributed by atoms with Gasteiger partial charge in [-0.2, -0.15) is 0 Å². The van der Waals surface area contributed by atoms with Crippen LogP contribution in [0.1, 0.15) is 40.0 Å². The molecule has 0 radical (unpaired) electrons. The maximum absolute atomic E-state index is 12.0. The Bertz CT molecular complexity index is 325.